The number of nitrogens with one attached hydrogen (secondary N) is 12. The second-order valence-corrected chi connectivity index (χ2v) is 27.8. The Labute approximate surface area is 756 Å². The van der Waals surface area contributed by atoms with E-state index in [1.54, 1.807) is 105 Å². The number of aromatic nitrogens is 3. The van der Waals surface area contributed by atoms with E-state index in [1.165, 1.54) is 16.8 Å². The van der Waals surface area contributed by atoms with Gasteiger partial charge in [-0.25, -0.2) is 66.6 Å². The zero-order chi connectivity index (χ0) is 100. The number of terminal acetylenes is 2. The van der Waals surface area contributed by atoms with Crippen molar-refractivity contribution in [1.82, 2.24) is 62.8 Å². The Morgan fingerprint density at radius 3 is 1.00 bits per heavy atom. The predicted octanol–water partition coefficient (Wildman–Crippen LogP) is 7.88. The molecule has 5 rings (SSSR count). The molecule has 0 saturated carbocycles. The number of carbonyl (C=O) groups is 15. The molecule has 21 N–H and O–H groups in total. The number of carbonyl (C=O) groups excluding carboxylic acids is 6. The van der Waals surface area contributed by atoms with Crippen LogP contribution >= 0.6 is 0 Å². The zero-order valence-electron chi connectivity index (χ0n) is 72.3. The number of unbranched alkanes of at least 4 members (excludes halogenated alkanes) is 3. The molecule has 49 nitrogen and oxygen atoms in total. The number of methoxy groups -OCH3 is 1. The number of halogens is 2. The molecule has 0 fully saturated rings. The molecule has 5 aromatic rings. The van der Waals surface area contributed by atoms with Crippen LogP contribution in [0.1, 0.15) is 114 Å². The van der Waals surface area contributed by atoms with E-state index in [1.807, 2.05) is 32.0 Å². The number of alkyl halides is 2. The number of rotatable bonds is 49. The molecule has 52 heteroatoms. The molecule has 1 heterocycles. The van der Waals surface area contributed by atoms with Gasteiger partial charge in [-0.1, -0.05) is 93.7 Å². The Morgan fingerprint density at radius 2 is 0.765 bits per heavy atom. The summed E-state index contributed by atoms with van der Waals surface area (Å²) in [5, 5.41) is 122. The number of nitrogens with zero attached hydrogens (tertiary/aromatic N) is 9. The average Bonchev–Trinajstić information content (AvgIpc) is 1.27. The highest BCUT2D eigenvalue weighted by atomic mass is 32.2. The van der Waals surface area contributed by atoms with Crippen molar-refractivity contribution in [1.29, 1.82) is 0 Å². The van der Waals surface area contributed by atoms with Gasteiger partial charge >= 0.3 is 89.9 Å². The first-order chi connectivity index (χ1) is 62.7. The van der Waals surface area contributed by atoms with Gasteiger partial charge in [0.2, 0.25) is 0 Å². The summed E-state index contributed by atoms with van der Waals surface area (Å²) in [5.74, 6) is -7.31. The van der Waals surface area contributed by atoms with Crippen molar-refractivity contribution in [2.75, 3.05) is 82.3 Å². The smallest absolute Gasteiger partial charge is 0.326 e. The Balaban J connectivity index is -0.00000157. The number of azide groups is 2. The topological polar surface area (TPSA) is 763 Å². The molecule has 4 aromatic carbocycles. The number of aryl methyl sites for hydroxylation is 3. The number of amides is 12. The van der Waals surface area contributed by atoms with Crippen LogP contribution in [0.5, 0.6) is 0 Å². The molecule has 0 aliphatic carbocycles. The molecule has 0 spiro atoms. The van der Waals surface area contributed by atoms with E-state index in [2.05, 4.69) is 121 Å². The average molecular weight is 1880 g/mol. The summed E-state index contributed by atoms with van der Waals surface area (Å²) in [4.78, 5) is 175. The van der Waals surface area contributed by atoms with Crippen molar-refractivity contribution < 1.29 is 144 Å². The van der Waals surface area contributed by atoms with Crippen LogP contribution in [0.3, 0.4) is 0 Å². The summed E-state index contributed by atoms with van der Waals surface area (Å²) in [6.45, 7) is 5.75. The molecule has 0 aliphatic heterocycles. The lowest BCUT2D eigenvalue weighted by Gasteiger charge is -2.18. The summed E-state index contributed by atoms with van der Waals surface area (Å²) in [6.07, 6.45) is 11.2. The first-order valence-electron chi connectivity index (χ1n) is 39.5. The minimum atomic E-state index is -3.74. The van der Waals surface area contributed by atoms with Crippen molar-refractivity contribution >= 4 is 117 Å². The van der Waals surface area contributed by atoms with Crippen LogP contribution in [0, 0.1) is 38.5 Å². The molecule has 0 radical (unpaired) electrons. The van der Waals surface area contributed by atoms with E-state index in [9.17, 15) is 104 Å². The number of benzene rings is 4. The Kier molecular flexibility index (Phi) is 68.9. The summed E-state index contributed by atoms with van der Waals surface area (Å²) < 4.78 is 56.2. The minimum Gasteiger partial charge on any atom is -0.481 e. The number of para-hydroxylation sites is 3. The number of aliphatic carboxylic acids is 9. The molecule has 0 saturated heterocycles. The fourth-order valence-electron chi connectivity index (χ4n) is 9.30. The highest BCUT2D eigenvalue weighted by molar-refractivity contribution is 7.86. The number of carboxylic acids is 9. The molecule has 0 aliphatic rings. The quantitative estimate of drug-likeness (QED) is 0.00439. The summed E-state index contributed by atoms with van der Waals surface area (Å²) in [6, 6.07) is 20.3. The first kappa shape index (κ1) is 120. The van der Waals surface area contributed by atoms with E-state index < -0.39 is 162 Å². The molecular weight excluding hydrogens is 1770 g/mol. The maximum absolute atomic E-state index is 11.9. The molecule has 6 unspecified atom stereocenters. The van der Waals surface area contributed by atoms with Gasteiger partial charge in [0.1, 0.15) is 49.5 Å². The second-order valence-electron chi connectivity index (χ2n) is 26.1. The number of hydrogen-bond acceptors (Lipinski definition) is 23. The number of urea groups is 6. The standard InChI is InChI=1S/3C19H26N4O8.C9H11N3O3S.C5H8FN3.C4H6O.C3H4.C2H4FN3/c3*24-15(25)10-9-14(17(28)29)23-19(31)22-13(16(26)27)8-4-5-11-20-18(30)21-12-6-2-1-3-7-12;1-8-2-4-9(5-3-8)16(13,14)15-7-6-11-12-10;1-5-4-9(3-2-6)8-7-5;1-3-4-5-2;1-3-2;3-1-2-5-6-4/h3*1-3,6-7,13-14H,4-5,8-11H2,(H,24,25)(H,26,27)(H,28,29)(H2,20,21,30)(H2,22,23,31);2-5H,6-7H2,1H3;4H,2-3H2,1H3;1H,4H2,2H3;1H,2H3;1-2H2/i;;;;6-1;;;3-1. The highest BCUT2D eigenvalue weighted by Gasteiger charge is 2.29. The van der Waals surface area contributed by atoms with Gasteiger partial charge in [0, 0.05) is 79.1 Å². The van der Waals surface area contributed by atoms with Gasteiger partial charge in [-0.3, -0.25) is 23.0 Å². The lowest BCUT2D eigenvalue weighted by atomic mass is 10.1. The van der Waals surface area contributed by atoms with Crippen molar-refractivity contribution in [3.8, 4) is 24.7 Å². The maximum atomic E-state index is 11.9. The van der Waals surface area contributed by atoms with Crippen molar-refractivity contribution in [3.63, 3.8) is 0 Å². The third-order valence-corrected chi connectivity index (χ3v) is 16.8. The van der Waals surface area contributed by atoms with Crippen molar-refractivity contribution in [2.45, 2.75) is 165 Å². The van der Waals surface area contributed by atoms with Crippen LogP contribution in [0.4, 0.5) is 54.6 Å². The van der Waals surface area contributed by atoms with Gasteiger partial charge in [-0.15, -0.1) is 23.9 Å². The maximum Gasteiger partial charge on any atom is 0.326 e. The van der Waals surface area contributed by atoms with Crippen LogP contribution in [-0.2, 0) is 68.7 Å². The lowest BCUT2D eigenvalue weighted by Crippen LogP contribution is -2.51. The van der Waals surface area contributed by atoms with E-state index in [0.717, 1.165) is 11.3 Å². The Morgan fingerprint density at radius 1 is 0.462 bits per heavy atom. The van der Waals surface area contributed by atoms with Gasteiger partial charge in [0.05, 0.1) is 43.5 Å². The van der Waals surface area contributed by atoms with Gasteiger partial charge in [0.15, 0.2) is 0 Å². The second kappa shape index (κ2) is 75.5. The van der Waals surface area contributed by atoms with Crippen LogP contribution in [0.25, 0.3) is 20.9 Å². The van der Waals surface area contributed by atoms with Crippen LogP contribution in [0.15, 0.2) is 137 Å². The number of ether oxygens (including phenoxy) is 1. The normalized spacial score (nSPS) is 11.2. The van der Waals surface area contributed by atoms with Gasteiger partial charge < -0.3 is 114 Å². The van der Waals surface area contributed by atoms with Crippen LogP contribution in [0.2, 0.25) is 0 Å². The fraction of sp³-hybridized carbons (Fsp3) is 0.438. The number of carboxylic acid groups (broad SMARTS) is 9. The first-order valence-corrected chi connectivity index (χ1v) is 40.9. The van der Waals surface area contributed by atoms with E-state index in [0.29, 0.717) is 68.7 Å². The third-order valence-electron chi connectivity index (χ3n) is 15.5. The fourth-order valence-corrected chi connectivity index (χ4v) is 10.2. The predicted molar refractivity (Wildman–Crippen MR) is 470 cm³/mol. The van der Waals surface area contributed by atoms with Crippen molar-refractivity contribution in [2.24, 2.45) is 10.2 Å². The SMILES string of the molecule is C#CC.C#CCOC.Cc1ccc(S(=O)(=O)OCCN=[N+]=[N-])cc1.Cc1cn(CC[18F])nn1.O=C(O)CCC(NC(=O)NC(CCCCNC(=O)Nc1ccccc1)C(=O)O)C(=O)O.O=C(O)CCC(NC(=O)NC(CCCCNC(=O)Nc1ccccc1)C(=O)O)C(=O)O.O=C(O)CCC(NC(=O)NC(CCCCNC(=O)Nc1ccccc1)C(=O)O)C(=O)O.[N-]=[N+]=NCC[18F]. The Bertz CT molecular complexity index is 4320. The molecule has 0 bridgehead atoms. The van der Waals surface area contributed by atoms with Crippen LogP contribution < -0.4 is 63.8 Å². The molecular formula is C80H111F2N21O28S. The molecule has 724 valence electrons. The summed E-state index contributed by atoms with van der Waals surface area (Å²) >= 11 is 0. The lowest BCUT2D eigenvalue weighted by molar-refractivity contribution is -0.142. The summed E-state index contributed by atoms with van der Waals surface area (Å²) in [7, 11) is -2.17. The Hall–Kier alpha value is -15.7. The van der Waals surface area contributed by atoms with Crippen LogP contribution in [-0.4, -0.2) is 262 Å². The van der Waals surface area contributed by atoms with Gasteiger partial charge in [0.25, 0.3) is 10.1 Å². The molecule has 12 amide bonds. The number of hydrogen-bond donors (Lipinski definition) is 21. The van der Waals surface area contributed by atoms with Gasteiger partial charge in [-0.05, 0) is 157 Å². The van der Waals surface area contributed by atoms with Crippen molar-refractivity contribution in [3.05, 3.63) is 154 Å². The largest absolute Gasteiger partial charge is 0.481 e. The molecule has 1 aromatic heterocycles. The monoisotopic (exact) mass is 1880 g/mol. The molecule has 6 atom stereocenters. The summed E-state index contributed by atoms with van der Waals surface area (Å²) in [5.41, 5.74) is 19.2. The van der Waals surface area contributed by atoms with E-state index in [-0.39, 0.29) is 89.4 Å². The highest BCUT2D eigenvalue weighted by Crippen LogP contribution is 2.15. The molecule has 132 heavy (non-hydrogen) atoms. The third kappa shape index (κ3) is 67.7. The number of anilines is 3. The minimum absolute atomic E-state index is 0.0123. The van der Waals surface area contributed by atoms with Gasteiger partial charge in [-0.2, -0.15) is 8.42 Å². The zero-order valence-corrected chi connectivity index (χ0v) is 73.1. The van der Waals surface area contributed by atoms with E-state index >= 15 is 0 Å². The van der Waals surface area contributed by atoms with E-state index in [4.69, 9.17) is 48.1 Å².